The topological polar surface area (TPSA) is 144 Å². The van der Waals surface area contributed by atoms with Gasteiger partial charge in [-0.1, -0.05) is 26.0 Å². The zero-order valence-corrected chi connectivity index (χ0v) is 27.8. The molecule has 1 saturated heterocycles. The van der Waals surface area contributed by atoms with Gasteiger partial charge in [-0.05, 0) is 86.9 Å². The fraction of sp³-hybridized carbons (Fsp3) is 0.588. The molecule has 11 nitrogen and oxygen atoms in total. The van der Waals surface area contributed by atoms with Crippen LogP contribution in [0, 0.1) is 17.8 Å². The highest BCUT2D eigenvalue weighted by Crippen LogP contribution is 2.47. The number of sulfonamides is 1. The Bertz CT molecular complexity index is 1670. The Morgan fingerprint density at radius 1 is 1.13 bits per heavy atom. The number of aromatic nitrogens is 1. The molecule has 2 aromatic rings. The Morgan fingerprint density at radius 3 is 2.65 bits per heavy atom. The summed E-state index contributed by atoms with van der Waals surface area (Å²) in [5.41, 5.74) is -1.41. The second kappa shape index (κ2) is 12.2. The van der Waals surface area contributed by atoms with E-state index in [9.17, 15) is 22.8 Å². The molecule has 12 heteroatoms. The zero-order valence-electron chi connectivity index (χ0n) is 27.0. The van der Waals surface area contributed by atoms with Crippen molar-refractivity contribution in [1.82, 2.24) is 19.9 Å². The first kappa shape index (κ1) is 32.3. The Kier molecular flexibility index (Phi) is 8.54. The number of ether oxygens (including phenoxy) is 2. The molecule has 2 aliphatic carbocycles. The molecule has 3 amide bonds. The number of hydrogen-bond donors (Lipinski definition) is 2. The van der Waals surface area contributed by atoms with Gasteiger partial charge in [0, 0.05) is 30.3 Å². The van der Waals surface area contributed by atoms with E-state index in [0.717, 1.165) is 30.0 Å². The molecular weight excluding hydrogens is 608 g/mol. The third-order valence-corrected chi connectivity index (χ3v) is 12.4. The summed E-state index contributed by atoms with van der Waals surface area (Å²) in [4.78, 5) is 47.5. The van der Waals surface area contributed by atoms with Gasteiger partial charge in [-0.15, -0.1) is 0 Å². The lowest BCUT2D eigenvalue weighted by Crippen LogP contribution is -2.57. The molecule has 4 aliphatic rings. The van der Waals surface area contributed by atoms with Crippen molar-refractivity contribution in [3.8, 4) is 11.6 Å². The van der Waals surface area contributed by atoms with Crippen LogP contribution in [0.1, 0.15) is 72.1 Å². The summed E-state index contributed by atoms with van der Waals surface area (Å²) in [7, 11) is -2.31. The van der Waals surface area contributed by atoms with Crippen molar-refractivity contribution in [1.29, 1.82) is 0 Å². The zero-order chi connectivity index (χ0) is 32.9. The average molecular weight is 653 g/mol. The molecule has 2 saturated carbocycles. The predicted octanol–water partition coefficient (Wildman–Crippen LogP) is 3.87. The van der Waals surface area contributed by atoms with Gasteiger partial charge in [0.1, 0.15) is 23.4 Å². The van der Waals surface area contributed by atoms with Crippen molar-refractivity contribution in [2.24, 2.45) is 17.8 Å². The van der Waals surface area contributed by atoms with E-state index in [1.165, 1.54) is 0 Å². The fourth-order valence-corrected chi connectivity index (χ4v) is 8.24. The van der Waals surface area contributed by atoms with Crippen LogP contribution in [0.4, 0.5) is 0 Å². The second-order valence-electron chi connectivity index (χ2n) is 14.1. The largest absolute Gasteiger partial charge is 0.497 e. The molecule has 46 heavy (non-hydrogen) atoms. The number of pyridine rings is 1. The van der Waals surface area contributed by atoms with E-state index in [4.69, 9.17) is 9.47 Å². The SMILES string of the molecule is COc1ccc2c(OC3CC4C(=O)NC5(C(=O)NS(=O)(=O)C6(C)CC6)CC5C=CCCC(C)CC(C)CC(=O)N4C3)nccc2c1. The van der Waals surface area contributed by atoms with Gasteiger partial charge in [0.25, 0.3) is 5.91 Å². The van der Waals surface area contributed by atoms with Crippen LogP contribution in [-0.4, -0.2) is 72.1 Å². The number of benzene rings is 1. The molecule has 3 fully saturated rings. The summed E-state index contributed by atoms with van der Waals surface area (Å²) in [6.07, 6.45) is 9.38. The summed E-state index contributed by atoms with van der Waals surface area (Å²) >= 11 is 0. The highest BCUT2D eigenvalue weighted by Gasteiger charge is 2.63. The molecule has 6 rings (SSSR count). The van der Waals surface area contributed by atoms with Gasteiger partial charge >= 0.3 is 0 Å². The van der Waals surface area contributed by atoms with E-state index in [1.807, 2.05) is 36.4 Å². The van der Waals surface area contributed by atoms with E-state index >= 15 is 0 Å². The molecule has 3 heterocycles. The first-order chi connectivity index (χ1) is 21.8. The van der Waals surface area contributed by atoms with Gasteiger partial charge in [0.15, 0.2) is 0 Å². The lowest BCUT2D eigenvalue weighted by atomic mass is 9.91. The molecule has 0 spiro atoms. The normalized spacial score (nSPS) is 31.1. The number of nitrogens with zero attached hydrogens (tertiary/aromatic N) is 2. The van der Waals surface area contributed by atoms with Crippen molar-refractivity contribution in [3.63, 3.8) is 0 Å². The molecule has 6 unspecified atom stereocenters. The molecule has 1 aromatic heterocycles. The number of rotatable bonds is 6. The van der Waals surface area contributed by atoms with E-state index in [1.54, 1.807) is 25.1 Å². The van der Waals surface area contributed by atoms with Crippen LogP contribution < -0.4 is 19.5 Å². The summed E-state index contributed by atoms with van der Waals surface area (Å²) in [6, 6.07) is 6.54. The number of hydrogen-bond acceptors (Lipinski definition) is 8. The summed E-state index contributed by atoms with van der Waals surface area (Å²) in [6.45, 7) is 6.03. The highest BCUT2D eigenvalue weighted by atomic mass is 32.2. The monoisotopic (exact) mass is 652 g/mol. The minimum absolute atomic E-state index is 0.120. The van der Waals surface area contributed by atoms with Crippen molar-refractivity contribution in [2.75, 3.05) is 13.7 Å². The smallest absolute Gasteiger partial charge is 0.259 e. The van der Waals surface area contributed by atoms with E-state index < -0.39 is 44.3 Å². The third-order valence-electron chi connectivity index (χ3n) is 10.2. The van der Waals surface area contributed by atoms with Gasteiger partial charge in [-0.25, -0.2) is 13.4 Å². The van der Waals surface area contributed by atoms with Crippen molar-refractivity contribution in [3.05, 3.63) is 42.6 Å². The number of carbonyl (C=O) groups excluding carboxylic acids is 3. The van der Waals surface area contributed by atoms with E-state index in [2.05, 4.69) is 28.9 Å². The molecule has 0 bridgehead atoms. The Morgan fingerprint density at radius 2 is 1.91 bits per heavy atom. The number of allylic oxidation sites excluding steroid dienone is 1. The number of nitrogens with one attached hydrogen (secondary N) is 2. The minimum atomic E-state index is -3.91. The van der Waals surface area contributed by atoms with Gasteiger partial charge in [-0.2, -0.15) is 0 Å². The molecule has 248 valence electrons. The van der Waals surface area contributed by atoms with Crippen LogP contribution in [0.2, 0.25) is 0 Å². The first-order valence-electron chi connectivity index (χ1n) is 16.3. The first-order valence-corrected chi connectivity index (χ1v) is 17.8. The molecule has 1 aromatic carbocycles. The maximum atomic E-state index is 14.1. The predicted molar refractivity (Wildman–Crippen MR) is 172 cm³/mol. The molecular formula is C34H44N4O7S. The Balaban J connectivity index is 1.28. The van der Waals surface area contributed by atoms with Crippen molar-refractivity contribution in [2.45, 2.75) is 94.6 Å². The maximum Gasteiger partial charge on any atom is 0.259 e. The summed E-state index contributed by atoms with van der Waals surface area (Å²) < 4.78 is 39.0. The molecule has 0 radical (unpaired) electrons. The van der Waals surface area contributed by atoms with Crippen LogP contribution in [0.5, 0.6) is 11.6 Å². The number of methoxy groups -OCH3 is 1. The van der Waals surface area contributed by atoms with Gasteiger partial charge < -0.3 is 19.7 Å². The standard InChI is InChI=1S/C34H44N4O7S/c1-21-7-5-6-8-24-19-34(24,32(41)37-46(42,43)33(3)12-13-33)36-30(40)28-18-26(20-38(28)29(39)16-22(2)15-21)45-31-27-10-9-25(44-4)17-23(27)11-14-35-31/h6,8-11,14,17,21-22,24,26,28H,5,7,12-13,15-16,18-20H2,1-4H3,(H,36,40)(H,37,41). The van der Waals surface area contributed by atoms with Crippen molar-refractivity contribution >= 4 is 38.5 Å². The van der Waals surface area contributed by atoms with Gasteiger partial charge in [-0.3, -0.25) is 19.1 Å². The van der Waals surface area contributed by atoms with Crippen LogP contribution in [0.3, 0.4) is 0 Å². The highest BCUT2D eigenvalue weighted by molar-refractivity contribution is 7.91. The quantitative estimate of drug-likeness (QED) is 0.448. The lowest BCUT2D eigenvalue weighted by Gasteiger charge is -2.28. The summed E-state index contributed by atoms with van der Waals surface area (Å²) in [5, 5.41) is 4.58. The number of carbonyl (C=O) groups is 3. The van der Waals surface area contributed by atoms with E-state index in [0.29, 0.717) is 30.4 Å². The number of fused-ring (bicyclic) bond motifs is 3. The van der Waals surface area contributed by atoms with E-state index in [-0.39, 0.29) is 43.6 Å². The fourth-order valence-electron chi connectivity index (χ4n) is 6.92. The molecule has 6 atom stereocenters. The average Bonchev–Trinajstić information content (AvgIpc) is 3.88. The van der Waals surface area contributed by atoms with Crippen LogP contribution in [0.25, 0.3) is 10.8 Å². The van der Waals surface area contributed by atoms with Crippen LogP contribution in [0.15, 0.2) is 42.6 Å². The van der Waals surface area contributed by atoms with Gasteiger partial charge in [0.05, 0.1) is 18.4 Å². The second-order valence-corrected chi connectivity index (χ2v) is 16.2. The maximum absolute atomic E-state index is 14.1. The number of amides is 3. The lowest BCUT2D eigenvalue weighted by molar-refractivity contribution is -0.140. The van der Waals surface area contributed by atoms with Gasteiger partial charge in [0.2, 0.25) is 27.7 Å². The summed E-state index contributed by atoms with van der Waals surface area (Å²) in [5.74, 6) is -0.124. The Labute approximate surface area is 270 Å². The third kappa shape index (κ3) is 6.32. The molecule has 2 aliphatic heterocycles. The van der Waals surface area contributed by atoms with Crippen LogP contribution in [-0.2, 0) is 24.4 Å². The van der Waals surface area contributed by atoms with Crippen molar-refractivity contribution < 1.29 is 32.3 Å². The minimum Gasteiger partial charge on any atom is -0.497 e. The van der Waals surface area contributed by atoms with Crippen LogP contribution >= 0.6 is 0 Å². The molecule has 2 N–H and O–H groups in total. The Hall–Kier alpha value is -3.67.